The SMILES string of the molecule is O=C1CC[C@@H](N2C(=O)c3cccc4c(Cc5ccc(C(=O)O)cc5)ccc2c34)C(=O)N1. The summed E-state index contributed by atoms with van der Waals surface area (Å²) >= 11 is 0. The zero-order valence-corrected chi connectivity index (χ0v) is 16.4. The number of benzene rings is 3. The maximum Gasteiger partial charge on any atom is 0.335 e. The van der Waals surface area contributed by atoms with Crippen molar-refractivity contribution in [3.05, 3.63) is 76.9 Å². The van der Waals surface area contributed by atoms with Gasteiger partial charge in [0.1, 0.15) is 6.04 Å². The van der Waals surface area contributed by atoms with E-state index in [4.69, 9.17) is 5.11 Å². The molecule has 3 aromatic carbocycles. The van der Waals surface area contributed by atoms with Gasteiger partial charge < -0.3 is 5.11 Å². The number of nitrogens with zero attached hydrogens (tertiary/aromatic N) is 1. The second-order valence-electron chi connectivity index (χ2n) is 7.79. The number of piperidine rings is 1. The predicted octanol–water partition coefficient (Wildman–Crippen LogP) is 2.89. The second kappa shape index (κ2) is 7.05. The van der Waals surface area contributed by atoms with E-state index in [1.807, 2.05) is 24.3 Å². The first kappa shape index (κ1) is 19.0. The molecule has 0 spiro atoms. The van der Waals surface area contributed by atoms with Crippen molar-refractivity contribution >= 4 is 40.2 Å². The third kappa shape index (κ3) is 3.06. The van der Waals surface area contributed by atoms with Crippen molar-refractivity contribution in [1.29, 1.82) is 0 Å². The maximum absolute atomic E-state index is 13.2. The number of carbonyl (C=O) groups is 4. The average Bonchev–Trinajstić information content (AvgIpc) is 3.04. The largest absolute Gasteiger partial charge is 0.478 e. The summed E-state index contributed by atoms with van der Waals surface area (Å²) < 4.78 is 0. The Morgan fingerprint density at radius 3 is 2.52 bits per heavy atom. The molecule has 2 aliphatic heterocycles. The Morgan fingerprint density at radius 1 is 1.03 bits per heavy atom. The van der Waals surface area contributed by atoms with E-state index in [-0.39, 0.29) is 23.8 Å². The van der Waals surface area contributed by atoms with Gasteiger partial charge in [-0.25, -0.2) is 4.79 Å². The molecule has 0 bridgehead atoms. The Labute approximate surface area is 177 Å². The van der Waals surface area contributed by atoms with E-state index >= 15 is 0 Å². The minimum atomic E-state index is -0.969. The first-order chi connectivity index (χ1) is 14.9. The van der Waals surface area contributed by atoms with Crippen molar-refractivity contribution in [1.82, 2.24) is 5.32 Å². The van der Waals surface area contributed by atoms with Gasteiger partial charge in [0.2, 0.25) is 11.8 Å². The van der Waals surface area contributed by atoms with Crippen LogP contribution in [0.15, 0.2) is 54.6 Å². The molecule has 31 heavy (non-hydrogen) atoms. The highest BCUT2D eigenvalue weighted by molar-refractivity contribution is 6.27. The molecule has 1 atom stereocenters. The van der Waals surface area contributed by atoms with Crippen LogP contribution in [0.5, 0.6) is 0 Å². The van der Waals surface area contributed by atoms with Crippen LogP contribution >= 0.6 is 0 Å². The summed E-state index contributed by atoms with van der Waals surface area (Å²) in [4.78, 5) is 49.7. The molecule has 5 rings (SSSR count). The quantitative estimate of drug-likeness (QED) is 0.639. The van der Waals surface area contributed by atoms with E-state index in [1.165, 1.54) is 4.90 Å². The monoisotopic (exact) mass is 414 g/mol. The summed E-state index contributed by atoms with van der Waals surface area (Å²) in [5.74, 6) is -1.98. The first-order valence-corrected chi connectivity index (χ1v) is 9.98. The van der Waals surface area contributed by atoms with E-state index in [0.717, 1.165) is 21.9 Å². The topological polar surface area (TPSA) is 104 Å². The lowest BCUT2D eigenvalue weighted by atomic mass is 9.95. The number of anilines is 1. The number of imide groups is 1. The van der Waals surface area contributed by atoms with Crippen LogP contribution in [0.2, 0.25) is 0 Å². The van der Waals surface area contributed by atoms with Gasteiger partial charge in [-0.3, -0.25) is 24.6 Å². The van der Waals surface area contributed by atoms with Gasteiger partial charge in [0.25, 0.3) is 5.91 Å². The third-order valence-electron chi connectivity index (χ3n) is 5.93. The number of nitrogens with one attached hydrogen (secondary N) is 1. The maximum atomic E-state index is 13.2. The van der Waals surface area contributed by atoms with Gasteiger partial charge in [0.05, 0.1) is 11.3 Å². The van der Waals surface area contributed by atoms with Gasteiger partial charge >= 0.3 is 5.97 Å². The summed E-state index contributed by atoms with van der Waals surface area (Å²) in [6, 6.07) is 15.3. The van der Waals surface area contributed by atoms with Crippen LogP contribution in [-0.4, -0.2) is 34.8 Å². The summed E-state index contributed by atoms with van der Waals surface area (Å²) in [5, 5.41) is 13.1. The molecule has 2 aliphatic rings. The molecule has 2 N–H and O–H groups in total. The molecule has 0 saturated carbocycles. The van der Waals surface area contributed by atoms with Gasteiger partial charge in [0.15, 0.2) is 0 Å². The number of aromatic carboxylic acids is 1. The number of carboxylic acids is 1. The zero-order valence-electron chi connectivity index (χ0n) is 16.4. The Morgan fingerprint density at radius 2 is 1.81 bits per heavy atom. The minimum Gasteiger partial charge on any atom is -0.478 e. The lowest BCUT2D eigenvalue weighted by molar-refractivity contribution is -0.134. The molecule has 154 valence electrons. The van der Waals surface area contributed by atoms with Crippen LogP contribution in [0.25, 0.3) is 10.8 Å². The first-order valence-electron chi connectivity index (χ1n) is 9.98. The fourth-order valence-electron chi connectivity index (χ4n) is 4.44. The van der Waals surface area contributed by atoms with Crippen molar-refractivity contribution in [3.63, 3.8) is 0 Å². The molecule has 0 radical (unpaired) electrons. The number of carboxylic acid groups (broad SMARTS) is 1. The standard InChI is InChI=1S/C24H18N2O5/c27-20-11-10-19(22(28)25-20)26-18-9-8-15(12-13-4-6-14(7-5-13)24(30)31)16-2-1-3-17(21(16)18)23(26)29/h1-9,19H,10-12H2,(H,30,31)(H,25,27,28)/t19-/m1/s1. The number of hydrogen-bond acceptors (Lipinski definition) is 4. The molecule has 0 unspecified atom stereocenters. The number of carbonyl (C=O) groups excluding carboxylic acids is 3. The van der Waals surface area contributed by atoms with E-state index < -0.39 is 17.9 Å². The highest BCUT2D eigenvalue weighted by Crippen LogP contribution is 2.41. The van der Waals surface area contributed by atoms with Crippen LogP contribution in [0.1, 0.15) is 44.7 Å². The smallest absolute Gasteiger partial charge is 0.335 e. The zero-order chi connectivity index (χ0) is 21.7. The van der Waals surface area contributed by atoms with E-state index in [9.17, 15) is 19.2 Å². The second-order valence-corrected chi connectivity index (χ2v) is 7.79. The fourth-order valence-corrected chi connectivity index (χ4v) is 4.44. The van der Waals surface area contributed by atoms with Gasteiger partial charge in [-0.15, -0.1) is 0 Å². The van der Waals surface area contributed by atoms with Gasteiger partial charge in [-0.2, -0.15) is 0 Å². The molecule has 1 fully saturated rings. The molecule has 2 heterocycles. The molecule has 0 aliphatic carbocycles. The van der Waals surface area contributed by atoms with Crippen molar-refractivity contribution in [3.8, 4) is 0 Å². The normalized spacial score (nSPS) is 17.9. The van der Waals surface area contributed by atoms with Crippen molar-refractivity contribution in [2.24, 2.45) is 0 Å². The Kier molecular flexibility index (Phi) is 4.32. The van der Waals surface area contributed by atoms with Gasteiger partial charge in [-0.1, -0.05) is 30.3 Å². The van der Waals surface area contributed by atoms with Crippen LogP contribution in [0.4, 0.5) is 5.69 Å². The summed E-state index contributed by atoms with van der Waals surface area (Å²) in [6.07, 6.45) is 1.07. The summed E-state index contributed by atoms with van der Waals surface area (Å²) in [6.45, 7) is 0. The van der Waals surface area contributed by atoms with E-state index in [2.05, 4.69) is 5.32 Å². The highest BCUT2D eigenvalue weighted by Gasteiger charge is 2.40. The number of amides is 3. The van der Waals surface area contributed by atoms with Gasteiger partial charge in [-0.05, 0) is 53.6 Å². The minimum absolute atomic E-state index is 0.199. The fraction of sp³-hybridized carbons (Fsp3) is 0.167. The number of rotatable bonds is 4. The lowest BCUT2D eigenvalue weighted by Crippen LogP contribution is -2.53. The Balaban J connectivity index is 1.55. The van der Waals surface area contributed by atoms with Crippen LogP contribution in [0.3, 0.4) is 0 Å². The summed E-state index contributed by atoms with van der Waals surface area (Å²) in [7, 11) is 0. The molecule has 0 aromatic heterocycles. The molecular formula is C24H18N2O5. The molecule has 3 aromatic rings. The van der Waals surface area contributed by atoms with Crippen molar-refractivity contribution < 1.29 is 24.3 Å². The molecule has 7 heteroatoms. The van der Waals surface area contributed by atoms with Gasteiger partial charge in [0, 0.05) is 17.4 Å². The lowest BCUT2D eigenvalue weighted by Gasteiger charge is -2.30. The van der Waals surface area contributed by atoms with Crippen molar-refractivity contribution in [2.45, 2.75) is 25.3 Å². The van der Waals surface area contributed by atoms with Crippen LogP contribution in [0, 0.1) is 0 Å². The molecule has 1 saturated heterocycles. The third-order valence-corrected chi connectivity index (χ3v) is 5.93. The average molecular weight is 414 g/mol. The Hall–Kier alpha value is -4.00. The predicted molar refractivity (Wildman–Crippen MR) is 113 cm³/mol. The van der Waals surface area contributed by atoms with Crippen molar-refractivity contribution in [2.75, 3.05) is 4.90 Å². The molecule has 3 amide bonds. The number of hydrogen-bond donors (Lipinski definition) is 2. The molecule has 7 nitrogen and oxygen atoms in total. The Bertz CT molecular complexity index is 1280. The summed E-state index contributed by atoms with van der Waals surface area (Å²) in [5.41, 5.74) is 3.41. The van der Waals surface area contributed by atoms with E-state index in [1.54, 1.807) is 30.3 Å². The highest BCUT2D eigenvalue weighted by atomic mass is 16.4. The van der Waals surface area contributed by atoms with E-state index in [0.29, 0.717) is 24.1 Å². The van der Waals surface area contributed by atoms with Crippen LogP contribution in [-0.2, 0) is 16.0 Å². The molecular weight excluding hydrogens is 396 g/mol. The van der Waals surface area contributed by atoms with Crippen LogP contribution < -0.4 is 10.2 Å².